The zero-order valence-electron chi connectivity index (χ0n) is 22.3. The molecule has 1 heterocycles. The van der Waals surface area contributed by atoms with Crippen molar-refractivity contribution in [3.8, 4) is 11.5 Å². The van der Waals surface area contributed by atoms with E-state index in [0.717, 1.165) is 23.4 Å². The normalized spacial score (nSPS) is 14.6. The number of ether oxygens (including phenoxy) is 2. The number of hydrogen-bond donors (Lipinski definition) is 2. The minimum Gasteiger partial charge on any atom is -0.490 e. The number of likely N-dealkylation sites (N-methyl/N-ethyl adjacent to an activating group) is 2. The number of nitrogens with zero attached hydrogens (tertiary/aromatic N) is 2. The van der Waals surface area contributed by atoms with Crippen LogP contribution in [-0.2, 0) is 9.59 Å². The van der Waals surface area contributed by atoms with Gasteiger partial charge in [0.2, 0.25) is 11.8 Å². The molecule has 0 radical (unpaired) electrons. The fraction of sp³-hybridized carbons (Fsp3) is 0.300. The second-order valence-corrected chi connectivity index (χ2v) is 8.79. The largest absolute Gasteiger partial charge is 0.490 e. The lowest BCUT2D eigenvalue weighted by atomic mass is 9.90. The van der Waals surface area contributed by atoms with E-state index >= 15 is 0 Å². The van der Waals surface area contributed by atoms with Gasteiger partial charge in [0.1, 0.15) is 5.92 Å². The van der Waals surface area contributed by atoms with Crippen LogP contribution in [0.5, 0.6) is 11.5 Å². The molecule has 1 aliphatic heterocycles. The van der Waals surface area contributed by atoms with Crippen LogP contribution < -0.4 is 25.0 Å². The van der Waals surface area contributed by atoms with Crippen LogP contribution in [0.1, 0.15) is 37.8 Å². The molecule has 8 nitrogen and oxygen atoms in total. The summed E-state index contributed by atoms with van der Waals surface area (Å²) in [5.41, 5.74) is 4.38. The Balaban J connectivity index is 1.73. The first-order chi connectivity index (χ1) is 18.5. The van der Waals surface area contributed by atoms with Crippen LogP contribution in [0, 0.1) is 0 Å². The SMILES string of the molecule is CCNCC(=O)N(C)c1ccc(N=C(c2ccccc2)C2C(=O)Nc3cc(OCC)c(OCC)cc32)cc1. The van der Waals surface area contributed by atoms with Gasteiger partial charge in [-0.05, 0) is 61.9 Å². The molecule has 38 heavy (non-hydrogen) atoms. The van der Waals surface area contributed by atoms with Gasteiger partial charge >= 0.3 is 0 Å². The predicted molar refractivity (Wildman–Crippen MR) is 151 cm³/mol. The van der Waals surface area contributed by atoms with Gasteiger partial charge in [-0.2, -0.15) is 0 Å². The summed E-state index contributed by atoms with van der Waals surface area (Å²) < 4.78 is 11.6. The summed E-state index contributed by atoms with van der Waals surface area (Å²) in [7, 11) is 1.75. The second kappa shape index (κ2) is 12.4. The maximum Gasteiger partial charge on any atom is 0.240 e. The van der Waals surface area contributed by atoms with E-state index in [-0.39, 0.29) is 18.4 Å². The Kier molecular flexibility index (Phi) is 8.76. The molecule has 0 saturated heterocycles. The van der Waals surface area contributed by atoms with Crippen molar-refractivity contribution >= 4 is 34.6 Å². The molecule has 0 fully saturated rings. The molecule has 8 heteroatoms. The molecule has 1 atom stereocenters. The van der Waals surface area contributed by atoms with Crippen LogP contribution in [-0.4, -0.2) is 50.9 Å². The van der Waals surface area contributed by atoms with Gasteiger partial charge in [0.05, 0.1) is 31.2 Å². The number of hydrogen-bond acceptors (Lipinski definition) is 6. The van der Waals surface area contributed by atoms with E-state index in [9.17, 15) is 9.59 Å². The average molecular weight is 515 g/mol. The van der Waals surface area contributed by atoms with Crippen molar-refractivity contribution in [3.63, 3.8) is 0 Å². The van der Waals surface area contributed by atoms with Gasteiger partial charge in [-0.25, -0.2) is 0 Å². The number of benzene rings is 3. The van der Waals surface area contributed by atoms with Crippen molar-refractivity contribution in [2.24, 2.45) is 4.99 Å². The number of fused-ring (bicyclic) bond motifs is 1. The van der Waals surface area contributed by atoms with Crippen molar-refractivity contribution in [1.82, 2.24) is 5.32 Å². The molecule has 2 amide bonds. The molecule has 1 unspecified atom stereocenters. The van der Waals surface area contributed by atoms with E-state index in [1.165, 1.54) is 0 Å². The highest BCUT2D eigenvalue weighted by atomic mass is 16.5. The zero-order chi connectivity index (χ0) is 27.1. The summed E-state index contributed by atoms with van der Waals surface area (Å²) in [6, 6.07) is 20.8. The lowest BCUT2D eigenvalue weighted by Gasteiger charge is -2.18. The Morgan fingerprint density at radius 1 is 0.974 bits per heavy atom. The van der Waals surface area contributed by atoms with Gasteiger partial charge in [-0.15, -0.1) is 0 Å². The Bertz CT molecular complexity index is 1310. The highest BCUT2D eigenvalue weighted by Crippen LogP contribution is 2.43. The van der Waals surface area contributed by atoms with E-state index in [0.29, 0.717) is 41.8 Å². The fourth-order valence-electron chi connectivity index (χ4n) is 4.37. The number of anilines is 2. The van der Waals surface area contributed by atoms with Gasteiger partial charge in [-0.1, -0.05) is 37.3 Å². The van der Waals surface area contributed by atoms with Gasteiger partial charge in [0.15, 0.2) is 11.5 Å². The van der Waals surface area contributed by atoms with E-state index in [2.05, 4.69) is 10.6 Å². The first-order valence-corrected chi connectivity index (χ1v) is 12.9. The summed E-state index contributed by atoms with van der Waals surface area (Å²) in [5, 5.41) is 6.05. The van der Waals surface area contributed by atoms with E-state index in [1.807, 2.05) is 87.5 Å². The third-order valence-corrected chi connectivity index (χ3v) is 6.28. The number of nitrogens with one attached hydrogen (secondary N) is 2. The van der Waals surface area contributed by atoms with E-state index < -0.39 is 5.92 Å². The lowest BCUT2D eigenvalue weighted by molar-refractivity contribution is -0.117. The van der Waals surface area contributed by atoms with Crippen LogP contribution >= 0.6 is 0 Å². The predicted octanol–water partition coefficient (Wildman–Crippen LogP) is 4.91. The maximum atomic E-state index is 13.4. The Morgan fingerprint density at radius 2 is 1.63 bits per heavy atom. The molecule has 198 valence electrons. The van der Waals surface area contributed by atoms with Crippen LogP contribution in [0.4, 0.5) is 17.1 Å². The Hall–Kier alpha value is -4.17. The molecule has 3 aromatic carbocycles. The first-order valence-electron chi connectivity index (χ1n) is 12.9. The summed E-state index contributed by atoms with van der Waals surface area (Å²) in [4.78, 5) is 32.3. The van der Waals surface area contributed by atoms with Gasteiger partial charge < -0.3 is 25.0 Å². The van der Waals surface area contributed by atoms with Crippen LogP contribution in [0.3, 0.4) is 0 Å². The minimum absolute atomic E-state index is 0.0242. The second-order valence-electron chi connectivity index (χ2n) is 8.79. The molecule has 0 aliphatic carbocycles. The summed E-state index contributed by atoms with van der Waals surface area (Å²) >= 11 is 0. The average Bonchev–Trinajstić information content (AvgIpc) is 3.25. The molecule has 1 aliphatic rings. The zero-order valence-corrected chi connectivity index (χ0v) is 22.3. The number of aliphatic imine (C=N–C) groups is 1. The highest BCUT2D eigenvalue weighted by Gasteiger charge is 2.37. The topological polar surface area (TPSA) is 92.3 Å². The van der Waals surface area contributed by atoms with Crippen molar-refractivity contribution in [1.29, 1.82) is 0 Å². The van der Waals surface area contributed by atoms with Crippen molar-refractivity contribution in [2.45, 2.75) is 26.7 Å². The van der Waals surface area contributed by atoms with Crippen molar-refractivity contribution in [3.05, 3.63) is 77.9 Å². The lowest BCUT2D eigenvalue weighted by Crippen LogP contribution is -2.35. The van der Waals surface area contributed by atoms with Crippen LogP contribution in [0.15, 0.2) is 71.7 Å². The van der Waals surface area contributed by atoms with Gasteiger partial charge in [0, 0.05) is 24.5 Å². The molecule has 0 spiro atoms. The molecule has 0 aromatic heterocycles. The first kappa shape index (κ1) is 26.9. The fourth-order valence-corrected chi connectivity index (χ4v) is 4.37. The van der Waals surface area contributed by atoms with Gasteiger partial charge in [0.25, 0.3) is 0 Å². The molecule has 0 bridgehead atoms. The molecule has 2 N–H and O–H groups in total. The van der Waals surface area contributed by atoms with E-state index in [1.54, 1.807) is 11.9 Å². The maximum absolute atomic E-state index is 13.4. The molecular formula is C30H34N4O4. The molecule has 3 aromatic rings. The van der Waals surface area contributed by atoms with Crippen LogP contribution in [0.25, 0.3) is 0 Å². The quantitative estimate of drug-likeness (QED) is 0.355. The summed E-state index contributed by atoms with van der Waals surface area (Å²) in [5.74, 6) is 0.367. The third kappa shape index (κ3) is 5.86. The number of amides is 2. The monoisotopic (exact) mass is 514 g/mol. The summed E-state index contributed by atoms with van der Waals surface area (Å²) in [6.07, 6.45) is 0. The standard InChI is InChI=1S/C30H34N4O4/c1-5-31-19-27(35)34(4)22-15-13-21(14-16-22)32-29(20-11-9-8-10-12-20)28-23-17-25(37-6-2)26(38-7-3)18-24(23)33-30(28)36/h8-18,28,31H,5-7,19H2,1-4H3,(H,33,36). The third-order valence-electron chi connectivity index (χ3n) is 6.28. The highest BCUT2D eigenvalue weighted by molar-refractivity contribution is 6.24. The van der Waals surface area contributed by atoms with E-state index in [4.69, 9.17) is 14.5 Å². The molecular weight excluding hydrogens is 480 g/mol. The molecule has 0 saturated carbocycles. The summed E-state index contributed by atoms with van der Waals surface area (Å²) in [6.45, 7) is 7.74. The van der Waals surface area contributed by atoms with Crippen molar-refractivity contribution < 1.29 is 19.1 Å². The number of carbonyl (C=O) groups is 2. The smallest absolute Gasteiger partial charge is 0.240 e. The Morgan fingerprint density at radius 3 is 2.26 bits per heavy atom. The molecule has 4 rings (SSSR count). The number of rotatable bonds is 11. The minimum atomic E-state index is -0.633. The number of carbonyl (C=O) groups excluding carboxylic acids is 2. The van der Waals surface area contributed by atoms with Gasteiger partial charge in [-0.3, -0.25) is 14.6 Å². The van der Waals surface area contributed by atoms with Crippen LogP contribution in [0.2, 0.25) is 0 Å². The van der Waals surface area contributed by atoms with Crippen molar-refractivity contribution in [2.75, 3.05) is 43.6 Å². The Labute approximate surface area is 223 Å².